The molecule has 27 heavy (non-hydrogen) atoms. The van der Waals surface area contributed by atoms with E-state index in [2.05, 4.69) is 10.0 Å². The maximum Gasteiger partial charge on any atom is 0.262 e. The summed E-state index contributed by atoms with van der Waals surface area (Å²) < 4.78 is 33.0. The van der Waals surface area contributed by atoms with Gasteiger partial charge < -0.3 is 15.0 Å². The zero-order chi connectivity index (χ0) is 19.4. The van der Waals surface area contributed by atoms with Crippen LogP contribution in [0.15, 0.2) is 53.4 Å². The van der Waals surface area contributed by atoms with E-state index in [1.807, 2.05) is 6.92 Å². The number of carbonyl (C=O) groups excluding carboxylic acids is 1. The molecule has 1 amide bonds. The van der Waals surface area contributed by atoms with Crippen molar-refractivity contribution in [2.75, 3.05) is 31.5 Å². The largest absolute Gasteiger partial charge is 0.495 e. The van der Waals surface area contributed by atoms with E-state index in [1.165, 1.54) is 19.2 Å². The SMILES string of the molecule is COc1ccccc1NS(=O)(=O)c1ccc(C(=O)N2CCNC[C@H]2C)cc1. The van der Waals surface area contributed by atoms with Gasteiger partial charge >= 0.3 is 0 Å². The highest BCUT2D eigenvalue weighted by Gasteiger charge is 2.24. The van der Waals surface area contributed by atoms with Crippen molar-refractivity contribution in [2.45, 2.75) is 17.9 Å². The second-order valence-corrected chi connectivity index (χ2v) is 8.06. The minimum Gasteiger partial charge on any atom is -0.495 e. The van der Waals surface area contributed by atoms with Gasteiger partial charge in [-0.05, 0) is 43.3 Å². The van der Waals surface area contributed by atoms with Gasteiger partial charge in [0.05, 0.1) is 17.7 Å². The molecule has 0 saturated carbocycles. The summed E-state index contributed by atoms with van der Waals surface area (Å²) in [6, 6.07) is 12.9. The van der Waals surface area contributed by atoms with Gasteiger partial charge in [-0.1, -0.05) is 12.1 Å². The molecule has 1 saturated heterocycles. The average Bonchev–Trinajstić information content (AvgIpc) is 2.68. The molecule has 1 aliphatic rings. The smallest absolute Gasteiger partial charge is 0.262 e. The molecule has 1 aliphatic heterocycles. The molecule has 0 spiro atoms. The molecular formula is C19H23N3O4S. The molecular weight excluding hydrogens is 366 g/mol. The summed E-state index contributed by atoms with van der Waals surface area (Å²) >= 11 is 0. The molecule has 2 aromatic carbocycles. The Morgan fingerprint density at radius 1 is 1.19 bits per heavy atom. The minimum absolute atomic E-state index is 0.0818. The molecule has 0 bridgehead atoms. The highest BCUT2D eigenvalue weighted by atomic mass is 32.2. The topological polar surface area (TPSA) is 87.7 Å². The van der Waals surface area contributed by atoms with Crippen LogP contribution >= 0.6 is 0 Å². The zero-order valence-electron chi connectivity index (χ0n) is 15.3. The van der Waals surface area contributed by atoms with Gasteiger partial charge in [-0.2, -0.15) is 0 Å². The second-order valence-electron chi connectivity index (χ2n) is 6.38. The van der Waals surface area contributed by atoms with Crippen molar-refractivity contribution in [1.29, 1.82) is 0 Å². The summed E-state index contributed by atoms with van der Waals surface area (Å²) in [7, 11) is -2.31. The van der Waals surface area contributed by atoms with Crippen molar-refractivity contribution in [3.8, 4) is 5.75 Å². The van der Waals surface area contributed by atoms with E-state index >= 15 is 0 Å². The maximum atomic E-state index is 12.7. The van der Waals surface area contributed by atoms with E-state index in [0.717, 1.165) is 13.1 Å². The molecule has 7 nitrogen and oxygen atoms in total. The summed E-state index contributed by atoms with van der Waals surface area (Å²) in [6.45, 7) is 4.13. The second kappa shape index (κ2) is 7.98. The van der Waals surface area contributed by atoms with Crippen LogP contribution < -0.4 is 14.8 Å². The first-order valence-electron chi connectivity index (χ1n) is 8.70. The van der Waals surface area contributed by atoms with Crippen molar-refractivity contribution in [2.24, 2.45) is 0 Å². The van der Waals surface area contributed by atoms with Gasteiger partial charge in [0.2, 0.25) is 0 Å². The van der Waals surface area contributed by atoms with Crippen LogP contribution in [0.25, 0.3) is 0 Å². The first kappa shape index (κ1) is 19.2. The number of anilines is 1. The van der Waals surface area contributed by atoms with E-state index in [0.29, 0.717) is 23.5 Å². The standard InChI is InChI=1S/C19H23N3O4S/c1-14-13-20-11-12-22(14)19(23)15-7-9-16(10-8-15)27(24,25)21-17-5-3-4-6-18(17)26-2/h3-10,14,20-21H,11-13H2,1-2H3/t14-/m1/s1. The third-order valence-electron chi connectivity index (χ3n) is 4.53. The number of hydrogen-bond donors (Lipinski definition) is 2. The van der Waals surface area contributed by atoms with Crippen LogP contribution in [0.5, 0.6) is 5.75 Å². The van der Waals surface area contributed by atoms with Crippen LogP contribution in [0, 0.1) is 0 Å². The van der Waals surface area contributed by atoms with Gasteiger partial charge in [0.1, 0.15) is 5.75 Å². The van der Waals surface area contributed by atoms with Gasteiger partial charge in [0.15, 0.2) is 0 Å². The molecule has 144 valence electrons. The molecule has 3 rings (SSSR count). The first-order chi connectivity index (χ1) is 12.9. The third-order valence-corrected chi connectivity index (χ3v) is 5.91. The molecule has 2 aromatic rings. The quantitative estimate of drug-likeness (QED) is 0.816. The van der Waals surface area contributed by atoms with Crippen LogP contribution in [0.3, 0.4) is 0 Å². The normalized spacial score (nSPS) is 17.4. The Labute approximate surface area is 159 Å². The molecule has 1 fully saturated rings. The number of amides is 1. The fourth-order valence-corrected chi connectivity index (χ4v) is 4.09. The lowest BCUT2D eigenvalue weighted by Crippen LogP contribution is -2.52. The highest BCUT2D eigenvalue weighted by Crippen LogP contribution is 2.26. The highest BCUT2D eigenvalue weighted by molar-refractivity contribution is 7.92. The minimum atomic E-state index is -3.79. The summed E-state index contributed by atoms with van der Waals surface area (Å²) in [5, 5.41) is 3.24. The Bertz CT molecular complexity index is 913. The number of piperazine rings is 1. The molecule has 0 aromatic heterocycles. The molecule has 1 heterocycles. The lowest BCUT2D eigenvalue weighted by Gasteiger charge is -2.34. The van der Waals surface area contributed by atoms with Crippen LogP contribution in [-0.4, -0.2) is 52.0 Å². The number of nitrogens with zero attached hydrogens (tertiary/aromatic N) is 1. The molecule has 0 unspecified atom stereocenters. The first-order valence-corrected chi connectivity index (χ1v) is 10.2. The van der Waals surface area contributed by atoms with Crippen LogP contribution in [0.4, 0.5) is 5.69 Å². The van der Waals surface area contributed by atoms with Crippen molar-refractivity contribution < 1.29 is 17.9 Å². The Morgan fingerprint density at radius 2 is 1.89 bits per heavy atom. The molecule has 1 atom stereocenters. The van der Waals surface area contributed by atoms with Gasteiger partial charge in [-0.3, -0.25) is 9.52 Å². The number of nitrogens with one attached hydrogen (secondary N) is 2. The predicted octanol–water partition coefficient (Wildman–Crippen LogP) is 1.93. The van der Waals surface area contributed by atoms with Crippen LogP contribution in [-0.2, 0) is 10.0 Å². The lowest BCUT2D eigenvalue weighted by atomic mass is 10.1. The Kier molecular flexibility index (Phi) is 5.67. The maximum absolute atomic E-state index is 12.7. The summed E-state index contributed by atoms with van der Waals surface area (Å²) in [4.78, 5) is 14.5. The van der Waals surface area contributed by atoms with E-state index in [-0.39, 0.29) is 16.8 Å². The number of methoxy groups -OCH3 is 1. The average molecular weight is 389 g/mol. The molecule has 0 aliphatic carbocycles. The summed E-state index contributed by atoms with van der Waals surface area (Å²) in [5.74, 6) is 0.339. The Hall–Kier alpha value is -2.58. The van der Waals surface area contributed by atoms with E-state index in [9.17, 15) is 13.2 Å². The zero-order valence-corrected chi connectivity index (χ0v) is 16.1. The number of rotatable bonds is 5. The van der Waals surface area contributed by atoms with Gasteiger partial charge in [0, 0.05) is 31.2 Å². The van der Waals surface area contributed by atoms with Crippen molar-refractivity contribution in [1.82, 2.24) is 10.2 Å². The number of hydrogen-bond acceptors (Lipinski definition) is 5. The Morgan fingerprint density at radius 3 is 2.56 bits per heavy atom. The van der Waals surface area contributed by atoms with Crippen molar-refractivity contribution in [3.05, 3.63) is 54.1 Å². The lowest BCUT2D eigenvalue weighted by molar-refractivity contribution is 0.0655. The van der Waals surface area contributed by atoms with Crippen LogP contribution in [0.2, 0.25) is 0 Å². The monoisotopic (exact) mass is 389 g/mol. The van der Waals surface area contributed by atoms with Gasteiger partial charge in [-0.25, -0.2) is 8.42 Å². The number of benzene rings is 2. The van der Waals surface area contributed by atoms with Crippen LogP contribution in [0.1, 0.15) is 17.3 Å². The Balaban J connectivity index is 1.78. The van der Waals surface area contributed by atoms with E-state index in [1.54, 1.807) is 41.3 Å². The van der Waals surface area contributed by atoms with Crippen molar-refractivity contribution in [3.63, 3.8) is 0 Å². The number of sulfonamides is 1. The number of para-hydroxylation sites is 2. The predicted molar refractivity (Wildman–Crippen MR) is 104 cm³/mol. The number of ether oxygens (including phenoxy) is 1. The molecule has 8 heteroatoms. The van der Waals surface area contributed by atoms with Gasteiger partial charge in [0.25, 0.3) is 15.9 Å². The third kappa shape index (κ3) is 4.23. The summed E-state index contributed by atoms with van der Waals surface area (Å²) in [5.41, 5.74) is 0.829. The molecule has 0 radical (unpaired) electrons. The van der Waals surface area contributed by atoms with Gasteiger partial charge in [-0.15, -0.1) is 0 Å². The fourth-order valence-electron chi connectivity index (χ4n) is 3.02. The van der Waals surface area contributed by atoms with E-state index < -0.39 is 10.0 Å². The van der Waals surface area contributed by atoms with E-state index in [4.69, 9.17) is 4.74 Å². The molecule has 2 N–H and O–H groups in total. The van der Waals surface area contributed by atoms with Crippen molar-refractivity contribution >= 4 is 21.6 Å². The summed E-state index contributed by atoms with van der Waals surface area (Å²) in [6.07, 6.45) is 0. The number of carbonyl (C=O) groups is 1. The fraction of sp³-hybridized carbons (Fsp3) is 0.316.